The zero-order chi connectivity index (χ0) is 16.5. The summed E-state index contributed by atoms with van der Waals surface area (Å²) in [6, 6.07) is 21.7. The quantitative estimate of drug-likeness (QED) is 0.639. The van der Waals surface area contributed by atoms with Crippen LogP contribution in [0.1, 0.15) is 44.2 Å². The predicted octanol–water partition coefficient (Wildman–Crippen LogP) is 5.36. The van der Waals surface area contributed by atoms with Gasteiger partial charge < -0.3 is 0 Å². The molecule has 24 heavy (non-hydrogen) atoms. The summed E-state index contributed by atoms with van der Waals surface area (Å²) in [5.74, 6) is 7.21. The fraction of sp³-hybridized carbons (Fsp3) is 0.364. The van der Waals surface area contributed by atoms with E-state index in [4.69, 9.17) is 0 Å². The molecule has 0 aromatic heterocycles. The maximum atomic E-state index is 3.44. The Morgan fingerprint density at radius 1 is 0.833 bits per heavy atom. The zero-order valence-corrected chi connectivity index (χ0v) is 15.7. The van der Waals surface area contributed by atoms with Gasteiger partial charge in [0.1, 0.15) is 0 Å². The fourth-order valence-electron chi connectivity index (χ4n) is 2.97. The molecular formula is C22H28ClN. The number of hydrogen-bond acceptors (Lipinski definition) is 1. The molecule has 2 aromatic rings. The highest BCUT2D eigenvalue weighted by atomic mass is 35.5. The number of halogens is 1. The molecular weight excluding hydrogens is 314 g/mol. The Morgan fingerprint density at radius 2 is 1.29 bits per heavy atom. The Labute approximate surface area is 153 Å². The highest BCUT2D eigenvalue weighted by Crippen LogP contribution is 2.27. The van der Waals surface area contributed by atoms with Gasteiger partial charge in [0.05, 0.1) is 6.04 Å². The molecule has 128 valence electrons. The van der Waals surface area contributed by atoms with Crippen molar-refractivity contribution in [2.45, 2.75) is 39.2 Å². The van der Waals surface area contributed by atoms with E-state index in [1.54, 1.807) is 0 Å². The summed E-state index contributed by atoms with van der Waals surface area (Å²) < 4.78 is 0. The molecule has 0 saturated carbocycles. The lowest BCUT2D eigenvalue weighted by atomic mass is 9.89. The van der Waals surface area contributed by atoms with E-state index in [9.17, 15) is 0 Å². The summed E-state index contributed by atoms with van der Waals surface area (Å²) in [5, 5.41) is 0. The van der Waals surface area contributed by atoms with Crippen LogP contribution in [0.25, 0.3) is 0 Å². The van der Waals surface area contributed by atoms with Crippen molar-refractivity contribution in [2.75, 3.05) is 13.1 Å². The average molecular weight is 342 g/mol. The van der Waals surface area contributed by atoms with Crippen LogP contribution in [0.4, 0.5) is 0 Å². The van der Waals surface area contributed by atoms with Crippen LogP contribution in [-0.4, -0.2) is 24.0 Å². The fourth-order valence-corrected chi connectivity index (χ4v) is 2.97. The standard InChI is InChI=1S/C22H27N.ClH/c1-4-23(5-2)19(3)13-12-18-22(20-14-8-6-9-15-20)21-16-10-7-11-17-21;/h6-11,14-17,19,22H,4-5,18H2,1-3H3;1H. The molecule has 0 saturated heterocycles. The van der Waals surface area contributed by atoms with Gasteiger partial charge in [0.25, 0.3) is 0 Å². The highest BCUT2D eigenvalue weighted by Gasteiger charge is 2.12. The monoisotopic (exact) mass is 341 g/mol. The second kappa shape index (κ2) is 10.9. The first-order valence-electron chi connectivity index (χ1n) is 8.58. The Hall–Kier alpha value is -1.75. The Kier molecular flexibility index (Phi) is 9.23. The molecule has 2 rings (SSSR count). The molecule has 1 nitrogen and oxygen atoms in total. The molecule has 0 N–H and O–H groups in total. The number of hydrogen-bond donors (Lipinski definition) is 0. The molecule has 0 bridgehead atoms. The molecule has 1 atom stereocenters. The van der Waals surface area contributed by atoms with E-state index < -0.39 is 0 Å². The third-order valence-corrected chi connectivity index (χ3v) is 4.38. The zero-order valence-electron chi connectivity index (χ0n) is 14.9. The van der Waals surface area contributed by atoms with Crippen molar-refractivity contribution in [1.82, 2.24) is 4.90 Å². The molecule has 0 fully saturated rings. The van der Waals surface area contributed by atoms with E-state index in [-0.39, 0.29) is 12.4 Å². The molecule has 1 unspecified atom stereocenters. The van der Waals surface area contributed by atoms with Crippen LogP contribution in [0.2, 0.25) is 0 Å². The van der Waals surface area contributed by atoms with Crippen molar-refractivity contribution in [3.8, 4) is 11.8 Å². The van der Waals surface area contributed by atoms with Gasteiger partial charge in [-0.05, 0) is 31.1 Å². The lowest BCUT2D eigenvalue weighted by Gasteiger charge is -2.21. The lowest BCUT2D eigenvalue weighted by molar-refractivity contribution is 0.275. The minimum atomic E-state index is 0. The predicted molar refractivity (Wildman–Crippen MR) is 107 cm³/mol. The second-order valence-electron chi connectivity index (χ2n) is 5.80. The summed E-state index contributed by atoms with van der Waals surface area (Å²) in [6.07, 6.45) is 0.861. The van der Waals surface area contributed by atoms with Crippen LogP contribution in [0, 0.1) is 11.8 Å². The van der Waals surface area contributed by atoms with Crippen LogP contribution < -0.4 is 0 Å². The van der Waals surface area contributed by atoms with Crippen molar-refractivity contribution in [3.05, 3.63) is 71.8 Å². The normalized spacial score (nSPS) is 11.5. The third-order valence-electron chi connectivity index (χ3n) is 4.38. The van der Waals surface area contributed by atoms with Crippen molar-refractivity contribution in [1.29, 1.82) is 0 Å². The maximum absolute atomic E-state index is 3.44. The number of nitrogens with zero attached hydrogens (tertiary/aromatic N) is 1. The molecule has 0 aliphatic carbocycles. The number of rotatable bonds is 6. The van der Waals surface area contributed by atoms with E-state index in [1.807, 2.05) is 0 Å². The van der Waals surface area contributed by atoms with Crippen molar-refractivity contribution >= 4 is 12.4 Å². The van der Waals surface area contributed by atoms with E-state index in [1.165, 1.54) is 11.1 Å². The third kappa shape index (κ3) is 5.71. The van der Waals surface area contributed by atoms with E-state index in [2.05, 4.69) is 98.2 Å². The minimum absolute atomic E-state index is 0. The van der Waals surface area contributed by atoms with Crippen molar-refractivity contribution < 1.29 is 0 Å². The van der Waals surface area contributed by atoms with Gasteiger partial charge in [-0.15, -0.1) is 18.3 Å². The van der Waals surface area contributed by atoms with Gasteiger partial charge >= 0.3 is 0 Å². The lowest BCUT2D eigenvalue weighted by Crippen LogP contribution is -2.31. The molecule has 2 aromatic carbocycles. The summed E-state index contributed by atoms with van der Waals surface area (Å²) in [5.41, 5.74) is 2.67. The Bertz CT molecular complexity index is 584. The van der Waals surface area contributed by atoms with Crippen LogP contribution in [0.5, 0.6) is 0 Å². The van der Waals surface area contributed by atoms with E-state index in [0.717, 1.165) is 19.5 Å². The van der Waals surface area contributed by atoms with Gasteiger partial charge in [-0.1, -0.05) is 80.4 Å². The smallest absolute Gasteiger partial charge is 0.0685 e. The number of benzene rings is 2. The second-order valence-corrected chi connectivity index (χ2v) is 5.80. The van der Waals surface area contributed by atoms with Gasteiger partial charge in [0, 0.05) is 12.3 Å². The summed E-state index contributed by atoms with van der Waals surface area (Å²) in [4.78, 5) is 2.38. The molecule has 0 amide bonds. The molecule has 0 radical (unpaired) electrons. The van der Waals surface area contributed by atoms with Crippen LogP contribution in [-0.2, 0) is 0 Å². The molecule has 2 heteroatoms. The van der Waals surface area contributed by atoms with Crippen LogP contribution in [0.3, 0.4) is 0 Å². The molecule has 0 spiro atoms. The first-order chi connectivity index (χ1) is 11.3. The van der Waals surface area contributed by atoms with Gasteiger partial charge in [0.15, 0.2) is 0 Å². The Balaban J connectivity index is 0.00000288. The van der Waals surface area contributed by atoms with Crippen molar-refractivity contribution in [2.24, 2.45) is 0 Å². The van der Waals surface area contributed by atoms with Crippen molar-refractivity contribution in [3.63, 3.8) is 0 Å². The maximum Gasteiger partial charge on any atom is 0.0685 e. The first kappa shape index (κ1) is 20.3. The van der Waals surface area contributed by atoms with E-state index >= 15 is 0 Å². The summed E-state index contributed by atoms with van der Waals surface area (Å²) in [7, 11) is 0. The summed E-state index contributed by atoms with van der Waals surface area (Å²) in [6.45, 7) is 8.68. The van der Waals surface area contributed by atoms with Gasteiger partial charge in [0.2, 0.25) is 0 Å². The van der Waals surface area contributed by atoms with Crippen LogP contribution >= 0.6 is 12.4 Å². The average Bonchev–Trinajstić information content (AvgIpc) is 2.61. The minimum Gasteiger partial charge on any atom is -0.291 e. The SMILES string of the molecule is CCN(CC)C(C)C#CCC(c1ccccc1)c1ccccc1.Cl. The van der Waals surface area contributed by atoms with Gasteiger partial charge in [-0.3, -0.25) is 4.90 Å². The van der Waals surface area contributed by atoms with Gasteiger partial charge in [-0.25, -0.2) is 0 Å². The van der Waals surface area contributed by atoms with Crippen LogP contribution in [0.15, 0.2) is 60.7 Å². The first-order valence-corrected chi connectivity index (χ1v) is 8.58. The molecule has 0 aliphatic rings. The van der Waals surface area contributed by atoms with Gasteiger partial charge in [-0.2, -0.15) is 0 Å². The van der Waals surface area contributed by atoms with E-state index in [0.29, 0.717) is 12.0 Å². The Morgan fingerprint density at radius 3 is 1.71 bits per heavy atom. The summed E-state index contributed by atoms with van der Waals surface area (Å²) >= 11 is 0. The highest BCUT2D eigenvalue weighted by molar-refractivity contribution is 5.85. The molecule has 0 heterocycles. The largest absolute Gasteiger partial charge is 0.291 e. The topological polar surface area (TPSA) is 3.24 Å². The molecule has 0 aliphatic heterocycles.